The van der Waals surface area contributed by atoms with Crippen LogP contribution in [0.25, 0.3) is 5.70 Å². The maximum Gasteiger partial charge on any atom is 0.333 e. The molecule has 3 N–H and O–H groups in total. The van der Waals surface area contributed by atoms with Crippen LogP contribution in [0.5, 0.6) is 0 Å². The molecule has 2 rings (SSSR count). The Labute approximate surface area is 142 Å². The molecule has 0 aliphatic heterocycles. The van der Waals surface area contributed by atoms with E-state index in [1.807, 2.05) is 13.2 Å². The lowest BCUT2D eigenvalue weighted by Gasteiger charge is -2.00. The first kappa shape index (κ1) is 17.0. The van der Waals surface area contributed by atoms with Crippen LogP contribution in [0, 0.1) is 6.92 Å². The van der Waals surface area contributed by atoms with E-state index in [1.54, 1.807) is 18.5 Å². The molecule has 0 aliphatic rings. The number of aryl methyl sites for hydroxylation is 1. The van der Waals surface area contributed by atoms with Gasteiger partial charge in [0.25, 0.3) is 0 Å². The second-order valence-electron chi connectivity index (χ2n) is 4.33. The van der Waals surface area contributed by atoms with Crippen molar-refractivity contribution in [3.05, 3.63) is 47.0 Å². The Morgan fingerprint density at radius 1 is 1.61 bits per heavy atom. The van der Waals surface area contributed by atoms with Gasteiger partial charge in [-0.2, -0.15) is 0 Å². The molecule has 23 heavy (non-hydrogen) atoms. The number of nitrogens with one attached hydrogen (secondary N) is 1. The zero-order valence-electron chi connectivity index (χ0n) is 12.7. The van der Waals surface area contributed by atoms with E-state index in [4.69, 9.17) is 5.73 Å². The van der Waals surface area contributed by atoms with Crippen molar-refractivity contribution in [3.63, 3.8) is 0 Å². The summed E-state index contributed by atoms with van der Waals surface area (Å²) in [6, 6.07) is -0.330. The lowest BCUT2D eigenvalue weighted by Crippen LogP contribution is -2.17. The molecule has 0 fully saturated rings. The molecule has 0 saturated heterocycles. The van der Waals surface area contributed by atoms with Crippen LogP contribution in [-0.4, -0.2) is 33.0 Å². The van der Waals surface area contributed by atoms with Crippen molar-refractivity contribution in [2.45, 2.75) is 6.92 Å². The first-order valence-electron chi connectivity index (χ1n) is 6.51. The van der Waals surface area contributed by atoms with Crippen LogP contribution in [0.3, 0.4) is 0 Å². The smallest absolute Gasteiger partial charge is 0.333 e. The monoisotopic (exact) mass is 348 g/mol. The highest BCUT2D eigenvalue weighted by atomic mass is 32.2. The third-order valence-electron chi connectivity index (χ3n) is 2.72. The molecule has 7 nitrogen and oxygen atoms in total. The molecule has 0 spiro atoms. The van der Waals surface area contributed by atoms with Gasteiger partial charge in [0.05, 0.1) is 21.3 Å². The van der Waals surface area contributed by atoms with E-state index < -0.39 is 0 Å². The SMILES string of the molecule is C=C(/N=C\C=C(/N)c1sc(NC(=O)n2ccnc2)nc1C)SC. The highest BCUT2D eigenvalue weighted by molar-refractivity contribution is 8.02. The summed E-state index contributed by atoms with van der Waals surface area (Å²) in [6.45, 7) is 5.58. The molecule has 0 aliphatic carbocycles. The van der Waals surface area contributed by atoms with Gasteiger partial charge < -0.3 is 5.73 Å². The number of thiazole rings is 1. The van der Waals surface area contributed by atoms with Gasteiger partial charge in [-0.05, 0) is 19.3 Å². The molecule has 0 unspecified atom stereocenters. The molecule has 2 aromatic heterocycles. The van der Waals surface area contributed by atoms with E-state index in [-0.39, 0.29) is 6.03 Å². The predicted octanol–water partition coefficient (Wildman–Crippen LogP) is 2.93. The number of allylic oxidation sites excluding steroid dienone is 1. The van der Waals surface area contributed by atoms with Crippen LogP contribution < -0.4 is 11.1 Å². The Balaban J connectivity index is 2.11. The third-order valence-corrected chi connectivity index (χ3v) is 4.42. The first-order chi connectivity index (χ1) is 11.0. The first-order valence-corrected chi connectivity index (χ1v) is 8.55. The summed E-state index contributed by atoms with van der Waals surface area (Å²) >= 11 is 2.76. The van der Waals surface area contributed by atoms with Crippen LogP contribution in [0.4, 0.5) is 9.93 Å². The molecule has 120 valence electrons. The van der Waals surface area contributed by atoms with Crippen molar-refractivity contribution in [2.75, 3.05) is 11.6 Å². The van der Waals surface area contributed by atoms with Crippen molar-refractivity contribution >= 4 is 46.2 Å². The minimum Gasteiger partial charge on any atom is -0.397 e. The number of carbonyl (C=O) groups is 1. The van der Waals surface area contributed by atoms with Crippen molar-refractivity contribution in [2.24, 2.45) is 10.7 Å². The molecule has 2 aromatic rings. The number of anilines is 1. The van der Waals surface area contributed by atoms with Crippen molar-refractivity contribution in [1.29, 1.82) is 0 Å². The van der Waals surface area contributed by atoms with Gasteiger partial charge in [-0.3, -0.25) is 14.9 Å². The van der Waals surface area contributed by atoms with Crippen LogP contribution in [-0.2, 0) is 0 Å². The van der Waals surface area contributed by atoms with Gasteiger partial charge in [0.1, 0.15) is 6.33 Å². The van der Waals surface area contributed by atoms with Gasteiger partial charge in [0.15, 0.2) is 5.13 Å². The minimum atomic E-state index is -0.330. The van der Waals surface area contributed by atoms with Crippen molar-refractivity contribution in [1.82, 2.24) is 14.5 Å². The quantitative estimate of drug-likeness (QED) is 0.810. The molecular weight excluding hydrogens is 332 g/mol. The average Bonchev–Trinajstić information content (AvgIpc) is 3.16. The molecule has 9 heteroatoms. The Bertz CT molecular complexity index is 760. The number of hydrogen-bond donors (Lipinski definition) is 2. The number of nitrogens with two attached hydrogens (primary N) is 1. The molecule has 0 saturated carbocycles. The predicted molar refractivity (Wildman–Crippen MR) is 96.8 cm³/mol. The average molecular weight is 348 g/mol. The highest BCUT2D eigenvalue weighted by Gasteiger charge is 2.12. The summed E-state index contributed by atoms with van der Waals surface area (Å²) in [6.07, 6.45) is 9.68. The fraction of sp³-hybridized carbons (Fsp3) is 0.143. The fourth-order valence-electron chi connectivity index (χ4n) is 1.58. The number of hydrogen-bond acceptors (Lipinski definition) is 7. The number of thioether (sulfide) groups is 1. The Morgan fingerprint density at radius 3 is 3.04 bits per heavy atom. The highest BCUT2D eigenvalue weighted by Crippen LogP contribution is 2.26. The molecule has 0 atom stereocenters. The number of aromatic nitrogens is 3. The minimum absolute atomic E-state index is 0.330. The van der Waals surface area contributed by atoms with E-state index in [0.717, 1.165) is 10.6 Å². The number of imidazole rings is 1. The topological polar surface area (TPSA) is 98.2 Å². The molecular formula is C14H16N6OS2. The van der Waals surface area contributed by atoms with E-state index in [2.05, 4.69) is 26.9 Å². The van der Waals surface area contributed by atoms with Gasteiger partial charge in [-0.1, -0.05) is 17.9 Å². The Hall–Kier alpha value is -2.39. The number of rotatable bonds is 5. The molecule has 1 amide bonds. The summed E-state index contributed by atoms with van der Waals surface area (Å²) < 4.78 is 1.33. The molecule has 0 radical (unpaired) electrons. The summed E-state index contributed by atoms with van der Waals surface area (Å²) in [4.78, 5) is 25.0. The lowest BCUT2D eigenvalue weighted by atomic mass is 10.3. The molecule has 0 aromatic carbocycles. The lowest BCUT2D eigenvalue weighted by molar-refractivity contribution is 0.253. The number of aliphatic imine (C=N–C) groups is 1. The van der Waals surface area contributed by atoms with Gasteiger partial charge in [-0.15, -0.1) is 11.8 Å². The van der Waals surface area contributed by atoms with Crippen LogP contribution >= 0.6 is 23.1 Å². The Morgan fingerprint density at radius 2 is 2.39 bits per heavy atom. The molecule has 2 heterocycles. The zero-order valence-corrected chi connectivity index (χ0v) is 14.3. The van der Waals surface area contributed by atoms with Gasteiger partial charge in [-0.25, -0.2) is 14.8 Å². The van der Waals surface area contributed by atoms with Gasteiger partial charge >= 0.3 is 6.03 Å². The van der Waals surface area contributed by atoms with Gasteiger partial charge in [0.2, 0.25) is 0 Å². The van der Waals surface area contributed by atoms with E-state index in [1.165, 1.54) is 40.2 Å². The normalized spacial score (nSPS) is 11.8. The van der Waals surface area contributed by atoms with Crippen molar-refractivity contribution in [3.8, 4) is 0 Å². The summed E-state index contributed by atoms with van der Waals surface area (Å²) in [7, 11) is 0. The second kappa shape index (κ2) is 7.75. The largest absolute Gasteiger partial charge is 0.397 e. The zero-order chi connectivity index (χ0) is 16.8. The van der Waals surface area contributed by atoms with E-state index >= 15 is 0 Å². The maximum absolute atomic E-state index is 11.9. The van der Waals surface area contributed by atoms with Crippen molar-refractivity contribution < 1.29 is 4.79 Å². The molecule has 0 bridgehead atoms. The number of nitrogens with zero attached hydrogens (tertiary/aromatic N) is 4. The number of amides is 1. The van der Waals surface area contributed by atoms with Gasteiger partial charge in [0, 0.05) is 18.6 Å². The standard InChI is InChI=1S/C14H16N6OS2/c1-9-12(11(15)4-5-17-10(2)22-3)23-13(18-9)19-14(21)20-7-6-16-8-20/h4-8H,2,15H2,1,3H3,(H,18,19,21)/b11-4-,17-5-. The second-order valence-corrected chi connectivity index (χ2v) is 6.21. The number of carbonyl (C=O) groups excluding carboxylic acids is 1. The van der Waals surface area contributed by atoms with E-state index in [0.29, 0.717) is 15.9 Å². The van der Waals surface area contributed by atoms with Crippen LogP contribution in [0.15, 0.2) is 41.4 Å². The summed E-state index contributed by atoms with van der Waals surface area (Å²) in [5.74, 6) is 0. The fourth-order valence-corrected chi connectivity index (χ4v) is 2.64. The van der Waals surface area contributed by atoms with E-state index in [9.17, 15) is 4.79 Å². The summed E-state index contributed by atoms with van der Waals surface area (Å²) in [5, 5.41) is 3.87. The maximum atomic E-state index is 11.9. The summed E-state index contributed by atoms with van der Waals surface area (Å²) in [5.41, 5.74) is 7.30. The van der Waals surface area contributed by atoms with Crippen LogP contribution in [0.2, 0.25) is 0 Å². The van der Waals surface area contributed by atoms with Crippen LogP contribution in [0.1, 0.15) is 10.6 Å². The third kappa shape index (κ3) is 4.54. The Kier molecular flexibility index (Phi) is 5.72.